The van der Waals surface area contributed by atoms with E-state index < -0.39 is 36.7 Å². The first-order valence-electron chi connectivity index (χ1n) is 26.2. The molecule has 0 saturated heterocycles. The fourth-order valence-electron chi connectivity index (χ4n) is 6.62. The van der Waals surface area contributed by atoms with E-state index in [1.165, 1.54) is 17.5 Å². The van der Waals surface area contributed by atoms with E-state index in [1.807, 2.05) is 105 Å². The largest absolute Gasteiger partial charge is 0.444 e. The van der Waals surface area contributed by atoms with E-state index in [0.29, 0.717) is 80.1 Å². The Kier molecular flexibility index (Phi) is 41.0. The van der Waals surface area contributed by atoms with E-state index in [-0.39, 0.29) is 13.3 Å². The maximum Gasteiger partial charge on any atom is 0.410 e. The fourth-order valence-corrected chi connectivity index (χ4v) is 8.44. The summed E-state index contributed by atoms with van der Waals surface area (Å²) in [6.45, 7) is 19.5. The van der Waals surface area contributed by atoms with Crippen LogP contribution in [0.1, 0.15) is 144 Å². The lowest BCUT2D eigenvalue weighted by molar-refractivity contribution is 0.0236. The number of nitrogens with zero attached hydrogens (tertiary/aromatic N) is 2. The summed E-state index contributed by atoms with van der Waals surface area (Å²) >= 11 is 29.8. The third kappa shape index (κ3) is 35.9. The number of carbonyl (C=O) groups is 2. The molecule has 16 heteroatoms. The monoisotopic (exact) mass is 1320 g/mol. The second-order valence-corrected chi connectivity index (χ2v) is 23.4. The smallest absolute Gasteiger partial charge is 0.410 e. The normalized spacial score (nSPS) is 10.8. The minimum absolute atomic E-state index is 0.164. The van der Waals surface area contributed by atoms with Crippen LogP contribution in [0.2, 0.25) is 20.1 Å². The standard InChI is InChI=1S/C17H24BrClFNO2.C17H25ClFNO2.C13H18ClF.C10H13Cl.C3H6FI/c1-17(2,3)23-16(22)21(9-4-8-20)10-7-13-5-6-14(12-18)15(19)11-13;1-13-6-7-14(12-15(13)18)8-11-20(10-5-9-19)16(21)22-17(2,3)4;1-11-7-8-12(10-13(11)14)6-4-2-3-5-9-15;1-3-4-9-6-5-8(2)10(11)7-9;4-2-1-3-5/h5-6,11H,4,7-10,12H2,1-3H3;6-7,12H,5,8-11H2,1-4H3;7-8,10H,2-6,9H2,1H3;5-7H,3-4H2,1-2H3;1-3H2. The van der Waals surface area contributed by atoms with Gasteiger partial charge >= 0.3 is 12.2 Å². The molecule has 0 atom stereocenters. The summed E-state index contributed by atoms with van der Waals surface area (Å²) in [4.78, 5) is 27.5. The highest BCUT2D eigenvalue weighted by molar-refractivity contribution is 14.1. The number of ether oxygens (including phenoxy) is 2. The number of unbranched alkanes of at least 4 members (excludes halogenated alkanes) is 3. The molecule has 0 aliphatic carbocycles. The Labute approximate surface area is 497 Å². The number of amides is 2. The SMILES string of the molecule is CC(C)(C)OC(=O)N(CCCF)CCc1ccc(CBr)c(Cl)c1.CCCc1ccc(C)c(Cl)c1.Cc1ccc(CCCCCCF)cc1Cl.Cc1ccc(CCN(CCCF)C(=O)OC(C)(C)C)cc1Cl.FCCCI. The second kappa shape index (κ2) is 42.4. The molecule has 0 aliphatic heterocycles. The zero-order valence-corrected chi connectivity index (χ0v) is 53.6. The van der Waals surface area contributed by atoms with Crippen LogP contribution < -0.4 is 0 Å². The Hall–Kier alpha value is -2.49. The number of alkyl halides is 6. The van der Waals surface area contributed by atoms with E-state index in [2.05, 4.69) is 75.8 Å². The van der Waals surface area contributed by atoms with Gasteiger partial charge in [0.15, 0.2) is 0 Å². The molecule has 0 N–H and O–H groups in total. The van der Waals surface area contributed by atoms with Crippen molar-refractivity contribution in [1.82, 2.24) is 9.80 Å². The molecule has 4 rings (SSSR count). The van der Waals surface area contributed by atoms with Crippen LogP contribution in [0.3, 0.4) is 0 Å². The van der Waals surface area contributed by atoms with Gasteiger partial charge in [0.2, 0.25) is 0 Å². The Morgan fingerprint density at radius 3 is 1.17 bits per heavy atom. The van der Waals surface area contributed by atoms with Crippen LogP contribution in [0.5, 0.6) is 0 Å². The van der Waals surface area contributed by atoms with Gasteiger partial charge in [-0.15, -0.1) is 0 Å². The molecule has 0 bridgehead atoms. The van der Waals surface area contributed by atoms with Crippen molar-refractivity contribution in [2.75, 3.05) is 57.3 Å². The minimum Gasteiger partial charge on any atom is -0.444 e. The van der Waals surface area contributed by atoms with Gasteiger partial charge in [-0.2, -0.15) is 0 Å². The van der Waals surface area contributed by atoms with Crippen molar-refractivity contribution in [2.24, 2.45) is 0 Å². The summed E-state index contributed by atoms with van der Waals surface area (Å²) < 4.78 is 59.4. The number of benzene rings is 4. The second-order valence-electron chi connectivity index (χ2n) is 20.2. The quantitative estimate of drug-likeness (QED) is 0.0321. The predicted molar refractivity (Wildman–Crippen MR) is 328 cm³/mol. The van der Waals surface area contributed by atoms with E-state index in [9.17, 15) is 27.2 Å². The van der Waals surface area contributed by atoms with Gasteiger partial charge in [0.05, 0.1) is 26.7 Å². The van der Waals surface area contributed by atoms with Crippen molar-refractivity contribution in [3.05, 3.63) is 137 Å². The van der Waals surface area contributed by atoms with Crippen LogP contribution in [-0.4, -0.2) is 90.5 Å². The van der Waals surface area contributed by atoms with Crippen molar-refractivity contribution in [3.63, 3.8) is 0 Å². The summed E-state index contributed by atoms with van der Waals surface area (Å²) in [5.41, 5.74) is 7.91. The van der Waals surface area contributed by atoms with E-state index in [0.717, 1.165) is 80.0 Å². The molecular weight excluding hydrogens is 1240 g/mol. The first kappa shape index (κ1) is 73.5. The first-order valence-corrected chi connectivity index (χ1v) is 30.4. The highest BCUT2D eigenvalue weighted by Gasteiger charge is 2.23. The van der Waals surface area contributed by atoms with Crippen LogP contribution in [-0.2, 0) is 40.5 Å². The van der Waals surface area contributed by atoms with Crippen molar-refractivity contribution in [2.45, 2.75) is 163 Å². The van der Waals surface area contributed by atoms with Crippen LogP contribution in [0.4, 0.5) is 27.2 Å². The summed E-state index contributed by atoms with van der Waals surface area (Å²) in [6.07, 6.45) is 9.11. The lowest BCUT2D eigenvalue weighted by atomic mass is 10.0. The van der Waals surface area contributed by atoms with Gasteiger partial charge in [-0.25, -0.2) is 9.59 Å². The molecule has 2 amide bonds. The molecule has 0 unspecified atom stereocenters. The van der Waals surface area contributed by atoms with E-state index in [4.69, 9.17) is 55.9 Å². The molecule has 0 radical (unpaired) electrons. The zero-order chi connectivity index (χ0) is 57.7. The van der Waals surface area contributed by atoms with Gasteiger partial charge in [-0.1, -0.05) is 160 Å². The Bertz CT molecular complexity index is 2210. The van der Waals surface area contributed by atoms with Crippen molar-refractivity contribution < 1.29 is 36.6 Å². The molecular formula is C60H86BrCl4F4IN2O4. The molecule has 4 aromatic rings. The molecule has 4 aromatic carbocycles. The summed E-state index contributed by atoms with van der Waals surface area (Å²) in [6, 6.07) is 24.2. The highest BCUT2D eigenvalue weighted by atomic mass is 127. The molecule has 0 heterocycles. The predicted octanol–water partition coefficient (Wildman–Crippen LogP) is 20.3. The van der Waals surface area contributed by atoms with Crippen molar-refractivity contribution >= 4 is 97.1 Å². The van der Waals surface area contributed by atoms with Gasteiger partial charge in [-0.3, -0.25) is 17.6 Å². The molecule has 0 aliphatic rings. The summed E-state index contributed by atoms with van der Waals surface area (Å²) in [7, 11) is 0. The molecule has 430 valence electrons. The van der Waals surface area contributed by atoms with Gasteiger partial charge in [0.1, 0.15) is 11.2 Å². The number of hydrogen-bond acceptors (Lipinski definition) is 4. The number of carbonyl (C=O) groups excluding carboxylic acids is 2. The van der Waals surface area contributed by atoms with Gasteiger partial charge < -0.3 is 19.3 Å². The van der Waals surface area contributed by atoms with Gasteiger partial charge in [-0.05, 0) is 189 Å². The third-order valence-electron chi connectivity index (χ3n) is 10.9. The lowest BCUT2D eigenvalue weighted by Crippen LogP contribution is -2.38. The van der Waals surface area contributed by atoms with Gasteiger partial charge in [0.25, 0.3) is 0 Å². The zero-order valence-electron chi connectivity index (χ0n) is 46.8. The first-order chi connectivity index (χ1) is 35.9. The molecule has 76 heavy (non-hydrogen) atoms. The fraction of sp³-hybridized carbons (Fsp3) is 0.567. The Morgan fingerprint density at radius 1 is 0.500 bits per heavy atom. The average molecular weight is 1320 g/mol. The van der Waals surface area contributed by atoms with Crippen LogP contribution >= 0.6 is 84.9 Å². The molecule has 0 fully saturated rings. The van der Waals surface area contributed by atoms with Crippen LogP contribution in [0.25, 0.3) is 0 Å². The minimum atomic E-state index is -0.564. The highest BCUT2D eigenvalue weighted by Crippen LogP contribution is 2.23. The summed E-state index contributed by atoms with van der Waals surface area (Å²) in [5, 5.41) is 3.84. The van der Waals surface area contributed by atoms with Gasteiger partial charge in [0, 0.05) is 56.0 Å². The van der Waals surface area contributed by atoms with Crippen molar-refractivity contribution in [1.29, 1.82) is 0 Å². The topological polar surface area (TPSA) is 59.1 Å². The summed E-state index contributed by atoms with van der Waals surface area (Å²) in [5.74, 6) is 0. The Balaban J connectivity index is 0.000000985. The molecule has 6 nitrogen and oxygen atoms in total. The maximum atomic E-state index is 12.5. The van der Waals surface area contributed by atoms with Crippen molar-refractivity contribution in [3.8, 4) is 0 Å². The number of hydrogen-bond donors (Lipinski definition) is 0. The average Bonchev–Trinajstić information content (AvgIpc) is 3.35. The van der Waals surface area contributed by atoms with Crippen LogP contribution in [0, 0.1) is 20.8 Å². The van der Waals surface area contributed by atoms with Crippen LogP contribution in [0.15, 0.2) is 72.8 Å². The number of aryl methyl sites for hydroxylation is 5. The van der Waals surface area contributed by atoms with E-state index >= 15 is 0 Å². The lowest BCUT2D eigenvalue weighted by Gasteiger charge is -2.27. The van der Waals surface area contributed by atoms with E-state index in [1.54, 1.807) is 9.80 Å². The molecule has 0 spiro atoms. The molecule has 0 aromatic heterocycles. The maximum absolute atomic E-state index is 12.5. The third-order valence-corrected chi connectivity index (χ3v) is 13.8. The Morgan fingerprint density at radius 2 is 0.855 bits per heavy atom. The number of rotatable bonds is 23. The number of halogens is 10. The molecule has 0 saturated carbocycles.